The van der Waals surface area contributed by atoms with E-state index < -0.39 is 0 Å². The molecule has 0 saturated heterocycles. The van der Waals surface area contributed by atoms with Gasteiger partial charge in [0.2, 0.25) is 5.91 Å². The molecule has 0 saturated carbocycles. The van der Waals surface area contributed by atoms with Crippen LogP contribution in [0.4, 0.5) is 11.4 Å². The monoisotopic (exact) mass is 294 g/mol. The Morgan fingerprint density at radius 2 is 2.26 bits per heavy atom. The van der Waals surface area contributed by atoms with Gasteiger partial charge in [-0.15, -0.1) is 0 Å². The third kappa shape index (κ3) is 4.11. The van der Waals surface area contributed by atoms with Crippen molar-refractivity contribution in [3.8, 4) is 0 Å². The summed E-state index contributed by atoms with van der Waals surface area (Å²) in [5.41, 5.74) is 6.69. The molecule has 0 aliphatic carbocycles. The van der Waals surface area contributed by atoms with E-state index in [1.54, 1.807) is 30.5 Å². The first kappa shape index (κ1) is 13.6. The Labute approximate surface area is 119 Å². The van der Waals surface area contributed by atoms with Crippen molar-refractivity contribution in [1.29, 1.82) is 0 Å². The highest BCUT2D eigenvalue weighted by Crippen LogP contribution is 2.24. The summed E-state index contributed by atoms with van der Waals surface area (Å²) in [7, 11) is 0. The lowest BCUT2D eigenvalue weighted by atomic mass is 10.3. The van der Waals surface area contributed by atoms with Crippen molar-refractivity contribution in [2.24, 2.45) is 0 Å². The first-order chi connectivity index (χ1) is 9.15. The van der Waals surface area contributed by atoms with Gasteiger partial charge >= 0.3 is 0 Å². The number of benzene rings is 1. The van der Waals surface area contributed by atoms with Gasteiger partial charge in [-0.3, -0.25) is 4.79 Å². The number of nitrogen functional groups attached to an aromatic ring is 1. The molecular formula is C12H11ClN4OS. The zero-order valence-corrected chi connectivity index (χ0v) is 11.4. The van der Waals surface area contributed by atoms with Crippen molar-refractivity contribution in [2.45, 2.75) is 5.03 Å². The molecule has 19 heavy (non-hydrogen) atoms. The van der Waals surface area contributed by atoms with Crippen molar-refractivity contribution in [3.63, 3.8) is 0 Å². The summed E-state index contributed by atoms with van der Waals surface area (Å²) in [5, 5.41) is 3.90. The van der Waals surface area contributed by atoms with Crippen LogP contribution in [0.15, 0.2) is 41.8 Å². The highest BCUT2D eigenvalue weighted by Gasteiger charge is 2.07. The summed E-state index contributed by atoms with van der Waals surface area (Å²) in [5.74, 6) is 0.0680. The van der Waals surface area contributed by atoms with Crippen LogP contribution in [0.1, 0.15) is 0 Å². The highest BCUT2D eigenvalue weighted by atomic mass is 35.5. The lowest BCUT2D eigenvalue weighted by Gasteiger charge is -2.07. The summed E-state index contributed by atoms with van der Waals surface area (Å²) in [4.78, 5) is 19.6. The van der Waals surface area contributed by atoms with Gasteiger partial charge in [-0.2, -0.15) is 0 Å². The molecule has 3 N–H and O–H groups in total. The Hall–Kier alpha value is -1.79. The summed E-state index contributed by atoms with van der Waals surface area (Å²) in [6.07, 6.45) is 3.07. The molecule has 1 heterocycles. The number of nitrogens with zero attached hydrogens (tertiary/aromatic N) is 2. The first-order valence-corrected chi connectivity index (χ1v) is 6.75. The van der Waals surface area contributed by atoms with Crippen LogP contribution in [0.5, 0.6) is 0 Å². The van der Waals surface area contributed by atoms with Crippen molar-refractivity contribution in [2.75, 3.05) is 16.8 Å². The molecule has 0 fully saturated rings. The van der Waals surface area contributed by atoms with Crippen LogP contribution in [0.2, 0.25) is 5.02 Å². The third-order valence-electron chi connectivity index (χ3n) is 2.17. The van der Waals surface area contributed by atoms with Gasteiger partial charge in [-0.1, -0.05) is 23.4 Å². The average Bonchev–Trinajstić information content (AvgIpc) is 2.42. The molecular weight excluding hydrogens is 284 g/mol. The number of carbonyl (C=O) groups is 1. The molecule has 7 heteroatoms. The Bertz CT molecular complexity index is 579. The van der Waals surface area contributed by atoms with Gasteiger partial charge in [0.15, 0.2) is 0 Å². The quantitative estimate of drug-likeness (QED) is 0.514. The van der Waals surface area contributed by atoms with E-state index in [2.05, 4.69) is 15.3 Å². The van der Waals surface area contributed by atoms with Crippen LogP contribution in [0, 0.1) is 0 Å². The lowest BCUT2D eigenvalue weighted by molar-refractivity contribution is -0.113. The number of carbonyl (C=O) groups excluding carboxylic acids is 1. The number of nitrogens with one attached hydrogen (secondary N) is 1. The van der Waals surface area contributed by atoms with Gasteiger partial charge in [0.1, 0.15) is 6.33 Å². The fourth-order valence-corrected chi connectivity index (χ4v) is 2.12. The maximum absolute atomic E-state index is 11.8. The van der Waals surface area contributed by atoms with E-state index in [9.17, 15) is 4.79 Å². The van der Waals surface area contributed by atoms with Crippen molar-refractivity contribution < 1.29 is 4.79 Å². The Morgan fingerprint density at radius 1 is 1.42 bits per heavy atom. The number of thioether (sulfide) groups is 1. The van der Waals surface area contributed by atoms with Gasteiger partial charge in [-0.05, 0) is 24.3 Å². The number of nitrogens with two attached hydrogens (primary N) is 1. The molecule has 0 atom stereocenters. The summed E-state index contributed by atoms with van der Waals surface area (Å²) < 4.78 is 0. The van der Waals surface area contributed by atoms with E-state index in [0.29, 0.717) is 16.4 Å². The molecule has 2 aromatic rings. The first-order valence-electron chi connectivity index (χ1n) is 5.39. The summed E-state index contributed by atoms with van der Waals surface area (Å²) in [6.45, 7) is 0. The summed E-state index contributed by atoms with van der Waals surface area (Å²) in [6, 6.07) is 6.68. The SMILES string of the molecule is Nc1ccc(Cl)c(NC(=O)CSc2ccncn2)c1. The molecule has 2 rings (SSSR count). The molecule has 5 nitrogen and oxygen atoms in total. The largest absolute Gasteiger partial charge is 0.399 e. The minimum Gasteiger partial charge on any atom is -0.399 e. The number of rotatable bonds is 4. The molecule has 0 aliphatic heterocycles. The summed E-state index contributed by atoms with van der Waals surface area (Å²) >= 11 is 7.28. The van der Waals surface area contributed by atoms with Gasteiger partial charge in [0, 0.05) is 11.9 Å². The van der Waals surface area contributed by atoms with Crippen LogP contribution in [-0.4, -0.2) is 21.6 Å². The van der Waals surface area contributed by atoms with Crippen LogP contribution in [0.25, 0.3) is 0 Å². The molecule has 1 amide bonds. The molecule has 0 unspecified atom stereocenters. The predicted molar refractivity (Wildman–Crippen MR) is 77.3 cm³/mol. The van der Waals surface area contributed by atoms with E-state index >= 15 is 0 Å². The van der Waals surface area contributed by atoms with E-state index in [-0.39, 0.29) is 11.7 Å². The van der Waals surface area contributed by atoms with Gasteiger partial charge < -0.3 is 11.1 Å². The molecule has 1 aromatic heterocycles. The van der Waals surface area contributed by atoms with Crippen LogP contribution in [0.3, 0.4) is 0 Å². The van der Waals surface area contributed by atoms with Crippen LogP contribution < -0.4 is 11.1 Å². The van der Waals surface area contributed by atoms with Crippen molar-refractivity contribution >= 4 is 40.6 Å². The fourth-order valence-electron chi connectivity index (χ4n) is 1.33. The Kier molecular flexibility index (Phi) is 4.59. The minimum absolute atomic E-state index is 0.170. The normalized spacial score (nSPS) is 10.2. The topological polar surface area (TPSA) is 80.9 Å². The van der Waals surface area contributed by atoms with Gasteiger partial charge in [0.05, 0.1) is 21.5 Å². The second-order valence-corrected chi connectivity index (χ2v) is 5.03. The third-order valence-corrected chi connectivity index (χ3v) is 3.44. The number of amides is 1. The smallest absolute Gasteiger partial charge is 0.234 e. The minimum atomic E-state index is -0.170. The number of anilines is 2. The zero-order chi connectivity index (χ0) is 13.7. The zero-order valence-electron chi connectivity index (χ0n) is 9.84. The second kappa shape index (κ2) is 6.40. The molecule has 1 aromatic carbocycles. The number of hydrogen-bond donors (Lipinski definition) is 2. The standard InChI is InChI=1S/C12H11ClN4OS/c13-9-2-1-8(14)5-10(9)17-11(18)6-19-12-3-4-15-7-16-12/h1-5,7H,6,14H2,(H,17,18). The van der Waals surface area contributed by atoms with E-state index in [1.165, 1.54) is 18.1 Å². The molecule has 0 aliphatic rings. The van der Waals surface area contributed by atoms with Crippen molar-refractivity contribution in [1.82, 2.24) is 9.97 Å². The maximum Gasteiger partial charge on any atom is 0.234 e. The number of hydrogen-bond acceptors (Lipinski definition) is 5. The average molecular weight is 295 g/mol. The molecule has 0 bridgehead atoms. The number of halogens is 1. The second-order valence-electron chi connectivity index (χ2n) is 3.62. The highest BCUT2D eigenvalue weighted by molar-refractivity contribution is 7.99. The molecule has 98 valence electrons. The molecule has 0 spiro atoms. The molecule has 0 radical (unpaired) electrons. The Morgan fingerprint density at radius 3 is 3.00 bits per heavy atom. The van der Waals surface area contributed by atoms with Crippen LogP contribution in [-0.2, 0) is 4.79 Å². The predicted octanol–water partition coefficient (Wildman–Crippen LogP) is 2.44. The van der Waals surface area contributed by atoms with Crippen LogP contribution >= 0.6 is 23.4 Å². The van der Waals surface area contributed by atoms with E-state index in [1.807, 2.05) is 0 Å². The lowest BCUT2D eigenvalue weighted by Crippen LogP contribution is -2.14. The fraction of sp³-hybridized carbons (Fsp3) is 0.0833. The van der Waals surface area contributed by atoms with E-state index in [0.717, 1.165) is 5.03 Å². The van der Waals surface area contributed by atoms with Gasteiger partial charge in [0.25, 0.3) is 0 Å². The number of aromatic nitrogens is 2. The van der Waals surface area contributed by atoms with Gasteiger partial charge in [-0.25, -0.2) is 9.97 Å². The van der Waals surface area contributed by atoms with Crippen molar-refractivity contribution in [3.05, 3.63) is 41.8 Å². The van der Waals surface area contributed by atoms with E-state index in [4.69, 9.17) is 17.3 Å². The Balaban J connectivity index is 1.93. The maximum atomic E-state index is 11.8.